The van der Waals surface area contributed by atoms with Crippen LogP contribution in [0.1, 0.15) is 29.9 Å². The zero-order valence-electron chi connectivity index (χ0n) is 17.5. The molecule has 4 aromatic rings. The molecule has 1 amide bonds. The van der Waals surface area contributed by atoms with Crippen molar-refractivity contribution in [2.24, 2.45) is 0 Å². The van der Waals surface area contributed by atoms with Gasteiger partial charge in [-0.3, -0.25) is 14.2 Å². The van der Waals surface area contributed by atoms with Crippen molar-refractivity contribution in [3.63, 3.8) is 0 Å². The van der Waals surface area contributed by atoms with Crippen LogP contribution in [0.25, 0.3) is 16.9 Å². The normalized spacial score (nSPS) is 10.8. The molecule has 0 radical (unpaired) electrons. The minimum atomic E-state index is -0.258. The summed E-state index contributed by atoms with van der Waals surface area (Å²) in [6.07, 6.45) is 5.14. The number of ether oxygens (including phenoxy) is 1. The van der Waals surface area contributed by atoms with Crippen LogP contribution in [0.3, 0.4) is 0 Å². The number of anilines is 1. The molecule has 7 heteroatoms. The molecule has 7 nitrogen and oxygen atoms in total. The number of carbonyl (C=O) groups excluding carboxylic acids is 1. The zero-order valence-corrected chi connectivity index (χ0v) is 17.5. The Morgan fingerprint density at radius 2 is 1.84 bits per heavy atom. The van der Waals surface area contributed by atoms with Crippen molar-refractivity contribution < 1.29 is 9.53 Å². The van der Waals surface area contributed by atoms with Crippen molar-refractivity contribution >= 4 is 17.2 Å². The summed E-state index contributed by atoms with van der Waals surface area (Å²) in [5.41, 5.74) is 3.62. The fourth-order valence-corrected chi connectivity index (χ4v) is 3.33. The second-order valence-electron chi connectivity index (χ2n) is 7.33. The first kappa shape index (κ1) is 20.1. The Bertz CT molecular complexity index is 1270. The molecule has 0 unspecified atom stereocenters. The standard InChI is InChI=1S/C24H21N5O2/c1-16(2)31-20-10-6-18(7-11-20)23-22(27-21-15-26-12-13-29(21)23)24(30)28(3)19-8-4-17(14-25)5-9-19/h4-13,15-16H,1-3H3. The maximum absolute atomic E-state index is 13.4. The van der Waals surface area contributed by atoms with Gasteiger partial charge in [0.2, 0.25) is 0 Å². The lowest BCUT2D eigenvalue weighted by atomic mass is 10.1. The second-order valence-corrected chi connectivity index (χ2v) is 7.33. The predicted molar refractivity (Wildman–Crippen MR) is 118 cm³/mol. The smallest absolute Gasteiger partial charge is 0.278 e. The SMILES string of the molecule is CC(C)Oc1ccc(-c2c(C(=O)N(C)c3ccc(C#N)cc3)nc3cnccn23)cc1. The number of hydrogen-bond acceptors (Lipinski definition) is 5. The summed E-state index contributed by atoms with van der Waals surface area (Å²) in [6, 6.07) is 16.5. The molecule has 0 saturated heterocycles. The third kappa shape index (κ3) is 3.96. The molecule has 2 heterocycles. The van der Waals surface area contributed by atoms with Crippen LogP contribution < -0.4 is 9.64 Å². The van der Waals surface area contributed by atoms with E-state index >= 15 is 0 Å². The predicted octanol–water partition coefficient (Wildman–Crippen LogP) is 4.33. The Labute approximate surface area is 180 Å². The molecule has 4 rings (SSSR count). The summed E-state index contributed by atoms with van der Waals surface area (Å²) in [5, 5.41) is 9.01. The molecule has 0 aliphatic carbocycles. The molecule has 0 saturated carbocycles. The largest absolute Gasteiger partial charge is 0.491 e. The van der Waals surface area contributed by atoms with Gasteiger partial charge in [0.25, 0.3) is 5.91 Å². The minimum Gasteiger partial charge on any atom is -0.491 e. The van der Waals surface area contributed by atoms with Gasteiger partial charge < -0.3 is 9.64 Å². The first-order chi connectivity index (χ1) is 15.0. The van der Waals surface area contributed by atoms with Crippen LogP contribution in [0.5, 0.6) is 5.75 Å². The van der Waals surface area contributed by atoms with Crippen LogP contribution in [0.2, 0.25) is 0 Å². The van der Waals surface area contributed by atoms with E-state index in [4.69, 9.17) is 10.00 Å². The summed E-state index contributed by atoms with van der Waals surface area (Å²) in [4.78, 5) is 23.6. The van der Waals surface area contributed by atoms with Gasteiger partial charge in [-0.1, -0.05) is 0 Å². The molecule has 0 aliphatic rings. The van der Waals surface area contributed by atoms with Crippen molar-refractivity contribution in [3.8, 4) is 23.1 Å². The maximum Gasteiger partial charge on any atom is 0.278 e. The summed E-state index contributed by atoms with van der Waals surface area (Å²) in [5.74, 6) is 0.503. The molecule has 0 atom stereocenters. The van der Waals surface area contributed by atoms with Crippen LogP contribution in [0.4, 0.5) is 5.69 Å². The quantitative estimate of drug-likeness (QED) is 0.488. The van der Waals surface area contributed by atoms with Crippen LogP contribution in [0.15, 0.2) is 67.1 Å². The first-order valence-electron chi connectivity index (χ1n) is 9.85. The van der Waals surface area contributed by atoms with Crippen LogP contribution >= 0.6 is 0 Å². The summed E-state index contributed by atoms with van der Waals surface area (Å²) in [6.45, 7) is 3.95. The van der Waals surface area contributed by atoms with Crippen LogP contribution in [-0.4, -0.2) is 33.4 Å². The van der Waals surface area contributed by atoms with E-state index in [9.17, 15) is 4.79 Å². The average molecular weight is 411 g/mol. The Kier molecular flexibility index (Phi) is 5.37. The van der Waals surface area contributed by atoms with Gasteiger partial charge in [0.05, 0.1) is 29.6 Å². The lowest BCUT2D eigenvalue weighted by Gasteiger charge is -2.17. The van der Waals surface area contributed by atoms with Crippen molar-refractivity contribution in [2.75, 3.05) is 11.9 Å². The van der Waals surface area contributed by atoms with E-state index in [1.807, 2.05) is 42.5 Å². The fraction of sp³-hybridized carbons (Fsp3) is 0.167. The van der Waals surface area contributed by atoms with Crippen LogP contribution in [0, 0.1) is 11.3 Å². The van der Waals surface area contributed by atoms with E-state index in [1.165, 1.54) is 4.90 Å². The van der Waals surface area contributed by atoms with E-state index in [0.717, 1.165) is 11.3 Å². The van der Waals surface area contributed by atoms with Crippen molar-refractivity contribution in [1.29, 1.82) is 5.26 Å². The van der Waals surface area contributed by atoms with Gasteiger partial charge in [-0.25, -0.2) is 4.98 Å². The van der Waals surface area contributed by atoms with E-state index in [-0.39, 0.29) is 12.0 Å². The van der Waals surface area contributed by atoms with Gasteiger partial charge in [0, 0.05) is 30.7 Å². The van der Waals surface area contributed by atoms with Gasteiger partial charge in [-0.2, -0.15) is 5.26 Å². The monoisotopic (exact) mass is 411 g/mol. The maximum atomic E-state index is 13.4. The van der Waals surface area contributed by atoms with Gasteiger partial charge >= 0.3 is 0 Å². The highest BCUT2D eigenvalue weighted by molar-refractivity contribution is 6.08. The third-order valence-corrected chi connectivity index (χ3v) is 4.82. The summed E-state index contributed by atoms with van der Waals surface area (Å²) >= 11 is 0. The molecule has 0 N–H and O–H groups in total. The number of carbonyl (C=O) groups is 1. The second kappa shape index (κ2) is 8.28. The molecular formula is C24H21N5O2. The van der Waals surface area contributed by atoms with Gasteiger partial charge in [-0.15, -0.1) is 0 Å². The van der Waals surface area contributed by atoms with Gasteiger partial charge in [-0.05, 0) is 62.4 Å². The number of nitrogens with zero attached hydrogens (tertiary/aromatic N) is 5. The fourth-order valence-electron chi connectivity index (χ4n) is 3.33. The molecule has 2 aromatic carbocycles. The van der Waals surface area contributed by atoms with E-state index in [2.05, 4.69) is 16.0 Å². The lowest BCUT2D eigenvalue weighted by Crippen LogP contribution is -2.27. The highest BCUT2D eigenvalue weighted by Gasteiger charge is 2.24. The van der Waals surface area contributed by atoms with Crippen molar-refractivity contribution in [1.82, 2.24) is 14.4 Å². The number of aromatic nitrogens is 3. The number of hydrogen-bond donors (Lipinski definition) is 0. The van der Waals surface area contributed by atoms with E-state index in [0.29, 0.717) is 28.3 Å². The third-order valence-electron chi connectivity index (χ3n) is 4.82. The molecule has 0 fully saturated rings. The molecule has 0 aliphatic heterocycles. The van der Waals surface area contributed by atoms with E-state index in [1.54, 1.807) is 49.9 Å². The Balaban J connectivity index is 1.77. The number of rotatable bonds is 5. The van der Waals surface area contributed by atoms with Crippen molar-refractivity contribution in [3.05, 3.63) is 78.4 Å². The Hall–Kier alpha value is -4.18. The number of imidazole rings is 1. The molecule has 154 valence electrons. The number of benzene rings is 2. The highest BCUT2D eigenvalue weighted by atomic mass is 16.5. The Morgan fingerprint density at radius 1 is 1.13 bits per heavy atom. The molecule has 31 heavy (non-hydrogen) atoms. The number of amides is 1. The van der Waals surface area contributed by atoms with Crippen LogP contribution in [-0.2, 0) is 0 Å². The summed E-state index contributed by atoms with van der Waals surface area (Å²) < 4.78 is 7.59. The lowest BCUT2D eigenvalue weighted by molar-refractivity contribution is 0.0989. The van der Waals surface area contributed by atoms with Gasteiger partial charge in [0.15, 0.2) is 11.3 Å². The average Bonchev–Trinajstić information content (AvgIpc) is 3.18. The molecule has 0 spiro atoms. The molecule has 0 bridgehead atoms. The minimum absolute atomic E-state index is 0.0749. The molecule has 2 aromatic heterocycles. The first-order valence-corrected chi connectivity index (χ1v) is 9.85. The Morgan fingerprint density at radius 3 is 2.48 bits per heavy atom. The topological polar surface area (TPSA) is 83.5 Å². The van der Waals surface area contributed by atoms with Gasteiger partial charge in [0.1, 0.15) is 5.75 Å². The zero-order chi connectivity index (χ0) is 22.0. The molecular weight excluding hydrogens is 390 g/mol. The highest BCUT2D eigenvalue weighted by Crippen LogP contribution is 2.29. The summed E-state index contributed by atoms with van der Waals surface area (Å²) in [7, 11) is 1.69. The number of nitriles is 1. The van der Waals surface area contributed by atoms with Crippen molar-refractivity contribution in [2.45, 2.75) is 20.0 Å². The van der Waals surface area contributed by atoms with E-state index < -0.39 is 0 Å². The number of fused-ring (bicyclic) bond motifs is 1.